The van der Waals surface area contributed by atoms with E-state index < -0.39 is 0 Å². The zero-order chi connectivity index (χ0) is 11.8. The summed E-state index contributed by atoms with van der Waals surface area (Å²) in [6.45, 7) is 0. The maximum absolute atomic E-state index is 6.04. The molecule has 0 atom stereocenters. The van der Waals surface area contributed by atoms with Gasteiger partial charge in [-0.2, -0.15) is 0 Å². The smallest absolute Gasteiger partial charge is 0.186 e. The Morgan fingerprint density at radius 3 is 2.53 bits per heavy atom. The Balaban J connectivity index is 2.32. The van der Waals surface area contributed by atoms with E-state index in [-0.39, 0.29) is 0 Å². The summed E-state index contributed by atoms with van der Waals surface area (Å²) in [4.78, 5) is 0. The van der Waals surface area contributed by atoms with Crippen LogP contribution in [0.4, 0.5) is 0 Å². The molecule has 3 rings (SSSR count). The van der Waals surface area contributed by atoms with Crippen LogP contribution >= 0.6 is 23.2 Å². The van der Waals surface area contributed by atoms with E-state index in [1.54, 1.807) is 6.07 Å². The Labute approximate surface area is 108 Å². The molecule has 0 aliphatic heterocycles. The van der Waals surface area contributed by atoms with Gasteiger partial charge in [-0.1, -0.05) is 58.7 Å². The predicted octanol–water partition coefficient (Wildman–Crippen LogP) is 4.80. The molecule has 1 heterocycles. The van der Waals surface area contributed by atoms with Gasteiger partial charge in [-0.15, -0.1) is 0 Å². The number of fused-ring (bicyclic) bond motifs is 1. The van der Waals surface area contributed by atoms with Crippen molar-refractivity contribution >= 4 is 34.2 Å². The first kappa shape index (κ1) is 10.6. The van der Waals surface area contributed by atoms with E-state index in [1.165, 1.54) is 0 Å². The van der Waals surface area contributed by atoms with E-state index >= 15 is 0 Å². The van der Waals surface area contributed by atoms with Gasteiger partial charge in [0.25, 0.3) is 0 Å². The summed E-state index contributed by atoms with van der Waals surface area (Å²) >= 11 is 12.0. The van der Waals surface area contributed by atoms with Gasteiger partial charge in [0.15, 0.2) is 5.58 Å². The van der Waals surface area contributed by atoms with Crippen molar-refractivity contribution in [1.29, 1.82) is 0 Å². The van der Waals surface area contributed by atoms with Gasteiger partial charge >= 0.3 is 0 Å². The second-order valence-electron chi connectivity index (χ2n) is 3.66. The third-order valence-corrected chi connectivity index (χ3v) is 3.04. The molecule has 84 valence electrons. The van der Waals surface area contributed by atoms with Crippen LogP contribution in [0.25, 0.3) is 22.2 Å². The van der Waals surface area contributed by atoms with Crippen molar-refractivity contribution in [2.24, 2.45) is 0 Å². The lowest BCUT2D eigenvalue weighted by atomic mass is 10.1. The normalized spacial score (nSPS) is 10.9. The molecule has 0 saturated carbocycles. The van der Waals surface area contributed by atoms with Gasteiger partial charge in [0, 0.05) is 10.6 Å². The summed E-state index contributed by atoms with van der Waals surface area (Å²) in [6, 6.07) is 13.2. The molecule has 0 aliphatic carbocycles. The Morgan fingerprint density at radius 1 is 1.00 bits per heavy atom. The second-order valence-corrected chi connectivity index (χ2v) is 4.51. The highest BCUT2D eigenvalue weighted by Crippen LogP contribution is 2.34. The first-order chi connectivity index (χ1) is 8.25. The van der Waals surface area contributed by atoms with Gasteiger partial charge < -0.3 is 4.52 Å². The van der Waals surface area contributed by atoms with E-state index in [4.69, 9.17) is 27.7 Å². The van der Waals surface area contributed by atoms with E-state index in [1.807, 2.05) is 36.4 Å². The molecule has 3 aromatic rings. The topological polar surface area (TPSA) is 26.0 Å². The molecule has 0 radical (unpaired) electrons. The molecule has 0 spiro atoms. The molecule has 0 saturated heterocycles. The summed E-state index contributed by atoms with van der Waals surface area (Å²) in [6.07, 6.45) is 0. The fraction of sp³-hybridized carbons (Fsp3) is 0. The monoisotopic (exact) mass is 263 g/mol. The molecule has 2 aromatic carbocycles. The Bertz CT molecular complexity index is 676. The van der Waals surface area contributed by atoms with Gasteiger partial charge in [0.1, 0.15) is 5.69 Å². The molecule has 17 heavy (non-hydrogen) atoms. The molecular weight excluding hydrogens is 257 g/mol. The minimum atomic E-state index is 0.474. The number of halogens is 2. The lowest BCUT2D eigenvalue weighted by Gasteiger charge is -1.97. The maximum Gasteiger partial charge on any atom is 0.186 e. The minimum absolute atomic E-state index is 0.474. The zero-order valence-electron chi connectivity index (χ0n) is 8.65. The molecule has 1 aromatic heterocycles. The Morgan fingerprint density at radius 2 is 1.76 bits per heavy atom. The summed E-state index contributed by atoms with van der Waals surface area (Å²) in [7, 11) is 0. The van der Waals surface area contributed by atoms with Crippen molar-refractivity contribution in [1.82, 2.24) is 5.16 Å². The van der Waals surface area contributed by atoms with Crippen molar-refractivity contribution in [2.75, 3.05) is 0 Å². The number of rotatable bonds is 1. The Hall–Kier alpha value is -1.51. The molecule has 0 fully saturated rings. The second kappa shape index (κ2) is 4.06. The van der Waals surface area contributed by atoms with Crippen LogP contribution in [0.5, 0.6) is 0 Å². The van der Waals surface area contributed by atoms with Crippen molar-refractivity contribution in [3.05, 3.63) is 52.5 Å². The number of nitrogens with zero attached hydrogens (tertiary/aromatic N) is 1. The molecule has 4 heteroatoms. The summed E-state index contributed by atoms with van der Waals surface area (Å²) < 4.78 is 5.25. The zero-order valence-corrected chi connectivity index (χ0v) is 10.2. The highest BCUT2D eigenvalue weighted by atomic mass is 35.5. The highest BCUT2D eigenvalue weighted by Gasteiger charge is 2.13. The Kier molecular flexibility index (Phi) is 2.54. The lowest BCUT2D eigenvalue weighted by molar-refractivity contribution is 0.459. The quantitative estimate of drug-likeness (QED) is 0.630. The molecule has 0 aliphatic rings. The predicted molar refractivity (Wildman–Crippen MR) is 69.5 cm³/mol. The van der Waals surface area contributed by atoms with E-state index in [0.717, 1.165) is 16.6 Å². The highest BCUT2D eigenvalue weighted by molar-refractivity contribution is 6.38. The SMILES string of the molecule is Clc1cc(Cl)c2onc(-c3ccccc3)c2c1. The molecule has 0 N–H and O–H groups in total. The van der Waals surface area contributed by atoms with E-state index in [0.29, 0.717) is 15.6 Å². The van der Waals surface area contributed by atoms with Crippen LogP contribution in [0.1, 0.15) is 0 Å². The summed E-state index contributed by atoms with van der Waals surface area (Å²) in [5.74, 6) is 0. The molecule has 2 nitrogen and oxygen atoms in total. The average molecular weight is 264 g/mol. The number of aromatic nitrogens is 1. The first-order valence-electron chi connectivity index (χ1n) is 5.05. The number of hydrogen-bond acceptors (Lipinski definition) is 2. The van der Waals surface area contributed by atoms with Gasteiger partial charge in [0.2, 0.25) is 0 Å². The van der Waals surface area contributed by atoms with Crippen LogP contribution < -0.4 is 0 Å². The number of benzene rings is 2. The van der Waals surface area contributed by atoms with Crippen LogP contribution in [-0.4, -0.2) is 5.16 Å². The fourth-order valence-corrected chi connectivity index (χ4v) is 2.30. The van der Waals surface area contributed by atoms with Crippen molar-refractivity contribution < 1.29 is 4.52 Å². The van der Waals surface area contributed by atoms with Crippen molar-refractivity contribution in [3.8, 4) is 11.3 Å². The lowest BCUT2D eigenvalue weighted by Crippen LogP contribution is -1.77. The van der Waals surface area contributed by atoms with Gasteiger partial charge in [-0.3, -0.25) is 0 Å². The van der Waals surface area contributed by atoms with E-state index in [9.17, 15) is 0 Å². The molecule has 0 bridgehead atoms. The molecular formula is C13H7Cl2NO. The summed E-state index contributed by atoms with van der Waals surface area (Å²) in [5.41, 5.74) is 2.30. The summed E-state index contributed by atoms with van der Waals surface area (Å²) in [5, 5.41) is 5.92. The van der Waals surface area contributed by atoms with Crippen molar-refractivity contribution in [3.63, 3.8) is 0 Å². The third kappa shape index (κ3) is 1.79. The molecule has 0 amide bonds. The standard InChI is InChI=1S/C13H7Cl2NO/c14-9-6-10-12(8-4-2-1-3-5-8)16-17-13(10)11(15)7-9/h1-7H. The van der Waals surface area contributed by atoms with Gasteiger partial charge in [0.05, 0.1) is 10.4 Å². The van der Waals surface area contributed by atoms with Crippen LogP contribution in [-0.2, 0) is 0 Å². The van der Waals surface area contributed by atoms with Crippen molar-refractivity contribution in [2.45, 2.75) is 0 Å². The average Bonchev–Trinajstić information content (AvgIpc) is 2.74. The van der Waals surface area contributed by atoms with Crippen LogP contribution in [0.15, 0.2) is 47.0 Å². The minimum Gasteiger partial charge on any atom is -0.354 e. The third-order valence-electron chi connectivity index (χ3n) is 2.54. The van der Waals surface area contributed by atoms with Crippen LogP contribution in [0, 0.1) is 0 Å². The van der Waals surface area contributed by atoms with Gasteiger partial charge in [-0.25, -0.2) is 0 Å². The first-order valence-corrected chi connectivity index (χ1v) is 5.81. The van der Waals surface area contributed by atoms with Crippen LogP contribution in [0.3, 0.4) is 0 Å². The largest absolute Gasteiger partial charge is 0.354 e. The maximum atomic E-state index is 6.04. The number of hydrogen-bond donors (Lipinski definition) is 0. The molecule has 0 unspecified atom stereocenters. The van der Waals surface area contributed by atoms with E-state index in [2.05, 4.69) is 5.16 Å². The van der Waals surface area contributed by atoms with Crippen LogP contribution in [0.2, 0.25) is 10.0 Å². The fourth-order valence-electron chi connectivity index (χ4n) is 1.77. The van der Waals surface area contributed by atoms with Gasteiger partial charge in [-0.05, 0) is 12.1 Å².